The normalized spacial score (nSPS) is 42.1. The molecule has 108 valence electrons. The number of thioether (sulfide) groups is 1. The van der Waals surface area contributed by atoms with Crippen LogP contribution in [0.5, 0.6) is 0 Å². The Balaban J connectivity index is 1.72. The Bertz CT molecular complexity index is 493. The molecule has 0 radical (unpaired) electrons. The van der Waals surface area contributed by atoms with Crippen LogP contribution in [0.4, 0.5) is 0 Å². The first-order valence-electron chi connectivity index (χ1n) is 8.02. The van der Waals surface area contributed by atoms with E-state index in [-0.39, 0.29) is 0 Å². The van der Waals surface area contributed by atoms with Crippen molar-refractivity contribution in [1.82, 2.24) is 0 Å². The van der Waals surface area contributed by atoms with E-state index in [0.29, 0.717) is 10.8 Å². The smallest absolute Gasteiger partial charge is 0.00693 e. The van der Waals surface area contributed by atoms with Crippen LogP contribution in [0.2, 0.25) is 0 Å². The SMILES string of the molecule is CSc1ccc(C23CC4CC(CC(CN)(C4)C2)C3)cc1. The molecule has 5 rings (SSSR count). The first-order chi connectivity index (χ1) is 9.67. The van der Waals surface area contributed by atoms with Gasteiger partial charge in [0.1, 0.15) is 0 Å². The second-order valence-corrected chi connectivity index (χ2v) is 8.55. The number of hydrogen-bond donors (Lipinski definition) is 1. The van der Waals surface area contributed by atoms with Crippen LogP contribution in [0, 0.1) is 17.3 Å². The molecule has 4 aliphatic carbocycles. The number of benzene rings is 1. The molecule has 4 aliphatic rings. The molecule has 20 heavy (non-hydrogen) atoms. The van der Waals surface area contributed by atoms with Crippen LogP contribution in [0.25, 0.3) is 0 Å². The highest BCUT2D eigenvalue weighted by Crippen LogP contribution is 2.65. The summed E-state index contributed by atoms with van der Waals surface area (Å²) >= 11 is 1.84. The van der Waals surface area contributed by atoms with Crippen LogP contribution in [-0.2, 0) is 5.41 Å². The topological polar surface area (TPSA) is 26.0 Å². The van der Waals surface area contributed by atoms with Gasteiger partial charge in [-0.2, -0.15) is 0 Å². The monoisotopic (exact) mass is 287 g/mol. The van der Waals surface area contributed by atoms with E-state index in [1.165, 1.54) is 43.4 Å². The van der Waals surface area contributed by atoms with Crippen molar-refractivity contribution in [3.05, 3.63) is 29.8 Å². The Labute approximate surface area is 126 Å². The van der Waals surface area contributed by atoms with Crippen LogP contribution in [0.15, 0.2) is 29.2 Å². The van der Waals surface area contributed by atoms with Gasteiger partial charge in [-0.15, -0.1) is 11.8 Å². The summed E-state index contributed by atoms with van der Waals surface area (Å²) in [7, 11) is 0. The summed E-state index contributed by atoms with van der Waals surface area (Å²) in [5.41, 5.74) is 8.74. The maximum atomic E-state index is 6.21. The molecule has 2 atom stereocenters. The van der Waals surface area contributed by atoms with E-state index < -0.39 is 0 Å². The Morgan fingerprint density at radius 2 is 1.75 bits per heavy atom. The lowest BCUT2D eigenvalue weighted by molar-refractivity contribution is -0.0667. The minimum atomic E-state index is 0.459. The Morgan fingerprint density at radius 3 is 2.30 bits per heavy atom. The lowest BCUT2D eigenvalue weighted by Crippen LogP contribution is -2.56. The number of hydrogen-bond acceptors (Lipinski definition) is 2. The molecule has 0 aliphatic heterocycles. The van der Waals surface area contributed by atoms with Crippen molar-refractivity contribution in [2.24, 2.45) is 23.0 Å². The largest absolute Gasteiger partial charge is 0.330 e. The molecule has 1 aromatic carbocycles. The predicted molar refractivity (Wildman–Crippen MR) is 86.1 cm³/mol. The molecule has 2 unspecified atom stereocenters. The molecule has 0 amide bonds. The van der Waals surface area contributed by atoms with Gasteiger partial charge < -0.3 is 5.73 Å². The molecule has 2 N–H and O–H groups in total. The molecule has 4 saturated carbocycles. The summed E-state index contributed by atoms with van der Waals surface area (Å²) in [6, 6.07) is 9.44. The van der Waals surface area contributed by atoms with Gasteiger partial charge >= 0.3 is 0 Å². The van der Waals surface area contributed by atoms with Gasteiger partial charge in [-0.25, -0.2) is 0 Å². The average molecular weight is 287 g/mol. The third-order valence-corrected chi connectivity index (χ3v) is 7.06. The van der Waals surface area contributed by atoms with Crippen molar-refractivity contribution in [2.45, 2.75) is 48.8 Å². The van der Waals surface area contributed by atoms with Crippen molar-refractivity contribution >= 4 is 11.8 Å². The summed E-state index contributed by atoms with van der Waals surface area (Å²) in [5, 5.41) is 0. The van der Waals surface area contributed by atoms with Gasteiger partial charge in [-0.05, 0) is 91.7 Å². The second kappa shape index (κ2) is 4.51. The van der Waals surface area contributed by atoms with E-state index >= 15 is 0 Å². The maximum Gasteiger partial charge on any atom is 0.00693 e. The van der Waals surface area contributed by atoms with Crippen LogP contribution >= 0.6 is 11.8 Å². The van der Waals surface area contributed by atoms with E-state index in [2.05, 4.69) is 30.5 Å². The van der Waals surface area contributed by atoms with E-state index in [1.807, 2.05) is 11.8 Å². The van der Waals surface area contributed by atoms with Gasteiger partial charge in [0.2, 0.25) is 0 Å². The van der Waals surface area contributed by atoms with Gasteiger partial charge in [0, 0.05) is 4.90 Å². The molecule has 1 nitrogen and oxygen atoms in total. The van der Waals surface area contributed by atoms with Crippen molar-refractivity contribution < 1.29 is 0 Å². The Kier molecular flexibility index (Phi) is 2.98. The van der Waals surface area contributed by atoms with Crippen molar-refractivity contribution in [1.29, 1.82) is 0 Å². The van der Waals surface area contributed by atoms with Gasteiger partial charge in [0.25, 0.3) is 0 Å². The fourth-order valence-corrected chi connectivity index (χ4v) is 6.38. The van der Waals surface area contributed by atoms with Gasteiger partial charge in [0.15, 0.2) is 0 Å². The summed E-state index contributed by atoms with van der Waals surface area (Å²) in [6.07, 6.45) is 10.6. The van der Waals surface area contributed by atoms with Crippen molar-refractivity contribution in [3.63, 3.8) is 0 Å². The molecule has 0 aromatic heterocycles. The van der Waals surface area contributed by atoms with Crippen LogP contribution in [0.3, 0.4) is 0 Å². The molecule has 4 fully saturated rings. The van der Waals surface area contributed by atoms with Gasteiger partial charge in [0.05, 0.1) is 0 Å². The zero-order valence-corrected chi connectivity index (χ0v) is 13.2. The number of rotatable bonds is 3. The fraction of sp³-hybridized carbons (Fsp3) is 0.667. The minimum Gasteiger partial charge on any atom is -0.330 e. The molecular formula is C18H25NS. The molecule has 0 saturated heterocycles. The first-order valence-corrected chi connectivity index (χ1v) is 9.24. The third kappa shape index (κ3) is 1.88. The zero-order chi connectivity index (χ0) is 13.8. The quantitative estimate of drug-likeness (QED) is 0.843. The lowest BCUT2D eigenvalue weighted by Gasteiger charge is -2.62. The molecule has 0 spiro atoms. The highest BCUT2D eigenvalue weighted by Gasteiger charge is 2.57. The summed E-state index contributed by atoms with van der Waals surface area (Å²) in [6.45, 7) is 0.907. The molecule has 4 bridgehead atoms. The van der Waals surface area contributed by atoms with Crippen molar-refractivity contribution in [3.8, 4) is 0 Å². The highest BCUT2D eigenvalue weighted by molar-refractivity contribution is 7.98. The van der Waals surface area contributed by atoms with Crippen molar-refractivity contribution in [2.75, 3.05) is 12.8 Å². The highest BCUT2D eigenvalue weighted by atomic mass is 32.2. The van der Waals surface area contributed by atoms with E-state index in [9.17, 15) is 0 Å². The predicted octanol–water partition coefficient (Wildman–Crippen LogP) is 4.21. The average Bonchev–Trinajstić information content (AvgIpc) is 2.46. The van der Waals surface area contributed by atoms with E-state index in [1.54, 1.807) is 5.56 Å². The van der Waals surface area contributed by atoms with Gasteiger partial charge in [-0.3, -0.25) is 0 Å². The van der Waals surface area contributed by atoms with E-state index in [4.69, 9.17) is 5.73 Å². The Morgan fingerprint density at radius 1 is 1.10 bits per heavy atom. The Hall–Kier alpha value is -0.470. The minimum absolute atomic E-state index is 0.459. The molecule has 0 heterocycles. The third-order valence-electron chi connectivity index (χ3n) is 6.32. The van der Waals surface area contributed by atoms with Crippen LogP contribution < -0.4 is 5.73 Å². The molecule has 1 aromatic rings. The summed E-state index contributed by atoms with van der Waals surface area (Å²) in [4.78, 5) is 1.38. The zero-order valence-electron chi connectivity index (χ0n) is 12.4. The number of nitrogens with two attached hydrogens (primary N) is 1. The summed E-state index contributed by atoms with van der Waals surface area (Å²) in [5.74, 6) is 1.89. The standard InChI is InChI=1S/C18H25NS/c1-20-16-4-2-15(3-5-16)18-9-13-6-14(10-18)8-17(7-13,11-18)12-19/h2-5,13-14H,6-12,19H2,1H3. The van der Waals surface area contributed by atoms with E-state index in [0.717, 1.165) is 18.4 Å². The fourth-order valence-electron chi connectivity index (χ4n) is 5.97. The molecule has 2 heteroatoms. The second-order valence-electron chi connectivity index (χ2n) is 7.67. The first kappa shape index (κ1) is 13.2. The van der Waals surface area contributed by atoms with Crippen LogP contribution in [0.1, 0.15) is 44.1 Å². The maximum absolute atomic E-state index is 6.21. The van der Waals surface area contributed by atoms with Gasteiger partial charge in [-0.1, -0.05) is 12.1 Å². The molecular weight excluding hydrogens is 262 g/mol. The lowest BCUT2D eigenvalue weighted by atomic mass is 9.43. The summed E-state index contributed by atoms with van der Waals surface area (Å²) < 4.78 is 0. The van der Waals surface area contributed by atoms with Crippen LogP contribution in [-0.4, -0.2) is 12.8 Å².